The first-order valence-electron chi connectivity index (χ1n) is 8.63. The number of hydrogen-bond acceptors (Lipinski definition) is 6. The van der Waals surface area contributed by atoms with E-state index in [0.717, 1.165) is 10.5 Å². The number of sulfonamides is 1. The SMILES string of the molecule is COc1ccc(CNS(=O)(=O)c2ccc3c(c2)NC(=O)C[C@H](C)S3)cc1OC. The summed E-state index contributed by atoms with van der Waals surface area (Å²) in [7, 11) is -0.692. The number of methoxy groups -OCH3 is 2. The van der Waals surface area contributed by atoms with E-state index in [-0.39, 0.29) is 22.6 Å². The normalized spacial score (nSPS) is 16.7. The number of rotatable bonds is 6. The molecule has 0 radical (unpaired) electrons. The van der Waals surface area contributed by atoms with Crippen molar-refractivity contribution in [2.24, 2.45) is 0 Å². The van der Waals surface area contributed by atoms with Crippen LogP contribution in [0.5, 0.6) is 11.5 Å². The predicted molar refractivity (Wildman–Crippen MR) is 109 cm³/mol. The van der Waals surface area contributed by atoms with Crippen molar-refractivity contribution in [3.05, 3.63) is 42.0 Å². The summed E-state index contributed by atoms with van der Waals surface area (Å²) in [5, 5.41) is 2.92. The van der Waals surface area contributed by atoms with Gasteiger partial charge in [-0.2, -0.15) is 0 Å². The van der Waals surface area contributed by atoms with Crippen molar-refractivity contribution in [3.8, 4) is 11.5 Å². The minimum Gasteiger partial charge on any atom is -0.493 e. The van der Waals surface area contributed by atoms with E-state index in [1.54, 1.807) is 42.1 Å². The predicted octanol–water partition coefficient (Wildman–Crippen LogP) is 3.01. The summed E-state index contributed by atoms with van der Waals surface area (Å²) in [6, 6.07) is 9.98. The summed E-state index contributed by atoms with van der Waals surface area (Å²) in [5.74, 6) is 0.979. The molecule has 0 spiro atoms. The highest BCUT2D eigenvalue weighted by molar-refractivity contribution is 8.00. The molecule has 0 unspecified atom stereocenters. The maximum atomic E-state index is 12.7. The summed E-state index contributed by atoms with van der Waals surface area (Å²) >= 11 is 1.55. The molecule has 0 saturated carbocycles. The average Bonchev–Trinajstić information content (AvgIpc) is 2.81. The minimum absolute atomic E-state index is 0.0952. The number of carbonyl (C=O) groups is 1. The third-order valence-corrected chi connectivity index (χ3v) is 6.83. The molecule has 7 nitrogen and oxygen atoms in total. The molecule has 1 aliphatic rings. The molecule has 1 amide bonds. The molecular formula is C19H22N2O5S2. The molecule has 28 heavy (non-hydrogen) atoms. The number of hydrogen-bond donors (Lipinski definition) is 2. The zero-order valence-corrected chi connectivity index (χ0v) is 17.4. The van der Waals surface area contributed by atoms with Crippen molar-refractivity contribution in [1.82, 2.24) is 4.72 Å². The average molecular weight is 423 g/mol. The summed E-state index contributed by atoms with van der Waals surface area (Å²) in [6.45, 7) is 2.06. The van der Waals surface area contributed by atoms with Gasteiger partial charge in [0.1, 0.15) is 0 Å². The molecule has 3 rings (SSSR count). The monoisotopic (exact) mass is 422 g/mol. The van der Waals surface area contributed by atoms with Gasteiger partial charge in [0.15, 0.2) is 11.5 Å². The fraction of sp³-hybridized carbons (Fsp3) is 0.316. The van der Waals surface area contributed by atoms with Crippen molar-refractivity contribution < 1.29 is 22.7 Å². The second-order valence-corrected chi connectivity index (χ2v) is 9.60. The standard InChI is InChI=1S/C19H22N2O5S2/c1-12-8-19(22)21-15-10-14(5-7-18(15)27-12)28(23,24)20-11-13-4-6-16(25-2)17(9-13)26-3/h4-7,9-10,12,20H,8,11H2,1-3H3,(H,21,22)/t12-/m0/s1. The third-order valence-electron chi connectivity index (χ3n) is 4.25. The van der Waals surface area contributed by atoms with Crippen LogP contribution in [0.3, 0.4) is 0 Å². The lowest BCUT2D eigenvalue weighted by Gasteiger charge is -2.12. The van der Waals surface area contributed by atoms with Crippen LogP contribution in [0.15, 0.2) is 46.2 Å². The highest BCUT2D eigenvalue weighted by Crippen LogP contribution is 2.36. The maximum absolute atomic E-state index is 12.7. The largest absolute Gasteiger partial charge is 0.493 e. The molecule has 1 aliphatic heterocycles. The first-order valence-corrected chi connectivity index (χ1v) is 11.0. The van der Waals surface area contributed by atoms with E-state index < -0.39 is 10.0 Å². The van der Waals surface area contributed by atoms with Crippen LogP contribution in [-0.2, 0) is 21.4 Å². The van der Waals surface area contributed by atoms with Crippen molar-refractivity contribution in [2.45, 2.75) is 34.9 Å². The summed E-state index contributed by atoms with van der Waals surface area (Å²) in [5.41, 5.74) is 1.25. The van der Waals surface area contributed by atoms with Gasteiger partial charge in [0.2, 0.25) is 15.9 Å². The number of nitrogens with one attached hydrogen (secondary N) is 2. The number of benzene rings is 2. The molecule has 0 aromatic heterocycles. The Labute approximate surface area is 168 Å². The van der Waals surface area contributed by atoms with Crippen LogP contribution in [0.25, 0.3) is 0 Å². The fourth-order valence-corrected chi connectivity index (χ4v) is 4.94. The molecule has 0 fully saturated rings. The van der Waals surface area contributed by atoms with Crippen LogP contribution in [-0.4, -0.2) is 33.8 Å². The second-order valence-electron chi connectivity index (χ2n) is 6.35. The fourth-order valence-electron chi connectivity index (χ4n) is 2.85. The zero-order chi connectivity index (χ0) is 20.3. The van der Waals surface area contributed by atoms with Gasteiger partial charge in [-0.15, -0.1) is 11.8 Å². The van der Waals surface area contributed by atoms with E-state index in [1.807, 2.05) is 6.92 Å². The zero-order valence-electron chi connectivity index (χ0n) is 15.8. The Kier molecular flexibility index (Phi) is 6.17. The first kappa shape index (κ1) is 20.5. The van der Waals surface area contributed by atoms with Crippen LogP contribution in [0.4, 0.5) is 5.69 Å². The number of carbonyl (C=O) groups excluding carboxylic acids is 1. The minimum atomic E-state index is -3.75. The van der Waals surface area contributed by atoms with Gasteiger partial charge in [0.25, 0.3) is 0 Å². The second kappa shape index (κ2) is 8.42. The van der Waals surface area contributed by atoms with Gasteiger partial charge in [0.05, 0.1) is 24.8 Å². The van der Waals surface area contributed by atoms with Gasteiger partial charge in [-0.3, -0.25) is 4.79 Å². The Morgan fingerprint density at radius 1 is 1.14 bits per heavy atom. The lowest BCUT2D eigenvalue weighted by molar-refractivity contribution is -0.116. The van der Waals surface area contributed by atoms with E-state index in [9.17, 15) is 13.2 Å². The highest BCUT2D eigenvalue weighted by Gasteiger charge is 2.22. The van der Waals surface area contributed by atoms with Crippen LogP contribution < -0.4 is 19.5 Å². The van der Waals surface area contributed by atoms with Crippen LogP contribution in [0.1, 0.15) is 18.9 Å². The number of amides is 1. The molecular weight excluding hydrogens is 400 g/mol. The molecule has 9 heteroatoms. The number of ether oxygens (including phenoxy) is 2. The quantitative estimate of drug-likeness (QED) is 0.743. The van der Waals surface area contributed by atoms with E-state index in [1.165, 1.54) is 20.3 Å². The smallest absolute Gasteiger partial charge is 0.240 e. The van der Waals surface area contributed by atoms with Crippen LogP contribution in [0.2, 0.25) is 0 Å². The molecule has 2 aromatic rings. The highest BCUT2D eigenvalue weighted by atomic mass is 32.2. The topological polar surface area (TPSA) is 93.7 Å². The Balaban J connectivity index is 1.79. The van der Waals surface area contributed by atoms with Crippen LogP contribution in [0, 0.1) is 0 Å². The Morgan fingerprint density at radius 3 is 2.61 bits per heavy atom. The lowest BCUT2D eigenvalue weighted by Crippen LogP contribution is -2.23. The van der Waals surface area contributed by atoms with Gasteiger partial charge in [-0.25, -0.2) is 13.1 Å². The Bertz CT molecular complexity index is 992. The Hall–Kier alpha value is -2.23. The van der Waals surface area contributed by atoms with Gasteiger partial charge in [-0.1, -0.05) is 13.0 Å². The first-order chi connectivity index (χ1) is 13.3. The number of anilines is 1. The molecule has 1 atom stereocenters. The molecule has 1 heterocycles. The third kappa shape index (κ3) is 4.60. The molecule has 0 aliphatic carbocycles. The molecule has 0 saturated heterocycles. The molecule has 150 valence electrons. The molecule has 0 bridgehead atoms. The van der Waals surface area contributed by atoms with Gasteiger partial charge >= 0.3 is 0 Å². The van der Waals surface area contributed by atoms with Crippen molar-refractivity contribution >= 4 is 33.4 Å². The van der Waals surface area contributed by atoms with E-state index in [2.05, 4.69) is 10.0 Å². The lowest BCUT2D eigenvalue weighted by atomic mass is 10.2. The van der Waals surface area contributed by atoms with E-state index in [4.69, 9.17) is 9.47 Å². The number of fused-ring (bicyclic) bond motifs is 1. The maximum Gasteiger partial charge on any atom is 0.240 e. The summed E-state index contributed by atoms with van der Waals surface area (Å²) < 4.78 is 38.4. The summed E-state index contributed by atoms with van der Waals surface area (Å²) in [6.07, 6.45) is 0.388. The van der Waals surface area contributed by atoms with E-state index in [0.29, 0.717) is 23.6 Å². The van der Waals surface area contributed by atoms with Crippen LogP contribution >= 0.6 is 11.8 Å². The van der Waals surface area contributed by atoms with Gasteiger partial charge < -0.3 is 14.8 Å². The summed E-state index contributed by atoms with van der Waals surface area (Å²) in [4.78, 5) is 12.9. The van der Waals surface area contributed by atoms with E-state index >= 15 is 0 Å². The Morgan fingerprint density at radius 2 is 1.89 bits per heavy atom. The van der Waals surface area contributed by atoms with Crippen molar-refractivity contribution in [3.63, 3.8) is 0 Å². The molecule has 2 N–H and O–H groups in total. The number of thioether (sulfide) groups is 1. The van der Waals surface area contributed by atoms with Crippen molar-refractivity contribution in [1.29, 1.82) is 0 Å². The molecule has 2 aromatic carbocycles. The van der Waals surface area contributed by atoms with Crippen molar-refractivity contribution in [2.75, 3.05) is 19.5 Å². The van der Waals surface area contributed by atoms with Gasteiger partial charge in [0, 0.05) is 23.1 Å². The van der Waals surface area contributed by atoms with Gasteiger partial charge in [-0.05, 0) is 35.9 Å².